The summed E-state index contributed by atoms with van der Waals surface area (Å²) in [6.07, 6.45) is 9.86. The SMILES string of the molecule is CCCCN(CC(=O)NCCNC(=O)CCCCCc1ccnc(-c2cc(C)ccn2)c1)c1ccc2cc(-c3nc4ccccc4o3)ccc2c1. The van der Waals surface area contributed by atoms with E-state index in [0.717, 1.165) is 95.1 Å². The van der Waals surface area contributed by atoms with Crippen molar-refractivity contribution in [3.05, 3.63) is 108 Å². The first-order chi connectivity index (χ1) is 24.9. The average molecular weight is 683 g/mol. The number of nitrogens with one attached hydrogen (secondary N) is 2. The third kappa shape index (κ3) is 9.78. The largest absolute Gasteiger partial charge is 0.436 e. The molecule has 6 aromatic rings. The minimum Gasteiger partial charge on any atom is -0.436 e. The summed E-state index contributed by atoms with van der Waals surface area (Å²) in [6.45, 7) is 6.03. The van der Waals surface area contributed by atoms with Gasteiger partial charge in [0, 0.05) is 49.7 Å². The molecule has 3 aromatic carbocycles. The minimum absolute atomic E-state index is 0.0148. The van der Waals surface area contributed by atoms with Gasteiger partial charge in [0.25, 0.3) is 0 Å². The van der Waals surface area contributed by atoms with Crippen molar-refractivity contribution < 1.29 is 14.0 Å². The number of pyridine rings is 2. The van der Waals surface area contributed by atoms with Crippen molar-refractivity contribution in [2.45, 2.75) is 58.8 Å². The Morgan fingerprint density at radius 3 is 2.35 bits per heavy atom. The van der Waals surface area contributed by atoms with Crippen LogP contribution in [0.3, 0.4) is 0 Å². The van der Waals surface area contributed by atoms with E-state index in [-0.39, 0.29) is 18.4 Å². The average Bonchev–Trinajstić information content (AvgIpc) is 3.59. The summed E-state index contributed by atoms with van der Waals surface area (Å²) < 4.78 is 5.97. The molecular weight excluding hydrogens is 637 g/mol. The lowest BCUT2D eigenvalue weighted by atomic mass is 10.1. The Labute approximate surface area is 299 Å². The quantitative estimate of drug-likeness (QED) is 0.0936. The number of unbranched alkanes of at least 4 members (excludes halogenated alkanes) is 3. The van der Waals surface area contributed by atoms with Crippen LogP contribution in [0.2, 0.25) is 0 Å². The second-order valence-electron chi connectivity index (χ2n) is 13.0. The Balaban J connectivity index is 0.916. The molecule has 0 saturated carbocycles. The number of benzene rings is 3. The number of nitrogens with zero attached hydrogens (tertiary/aromatic N) is 4. The summed E-state index contributed by atoms with van der Waals surface area (Å²) in [7, 11) is 0. The smallest absolute Gasteiger partial charge is 0.239 e. The number of aryl methyl sites for hydroxylation is 2. The number of rotatable bonds is 17. The molecular formula is C42H46N6O3. The highest BCUT2D eigenvalue weighted by Gasteiger charge is 2.14. The summed E-state index contributed by atoms with van der Waals surface area (Å²) in [5.74, 6) is 0.549. The lowest BCUT2D eigenvalue weighted by molar-refractivity contribution is -0.122. The van der Waals surface area contributed by atoms with Crippen molar-refractivity contribution >= 4 is 39.4 Å². The van der Waals surface area contributed by atoms with Crippen molar-refractivity contribution in [3.8, 4) is 22.8 Å². The van der Waals surface area contributed by atoms with Crippen LogP contribution in [-0.2, 0) is 16.0 Å². The van der Waals surface area contributed by atoms with Gasteiger partial charge in [-0.25, -0.2) is 4.98 Å². The molecule has 0 bridgehead atoms. The van der Waals surface area contributed by atoms with Gasteiger partial charge < -0.3 is 20.0 Å². The monoisotopic (exact) mass is 682 g/mol. The molecule has 3 aromatic heterocycles. The molecule has 0 unspecified atom stereocenters. The fourth-order valence-electron chi connectivity index (χ4n) is 6.17. The highest BCUT2D eigenvalue weighted by molar-refractivity contribution is 5.90. The van der Waals surface area contributed by atoms with Gasteiger partial charge in [0.05, 0.1) is 17.9 Å². The molecule has 51 heavy (non-hydrogen) atoms. The number of anilines is 1. The maximum atomic E-state index is 13.0. The van der Waals surface area contributed by atoms with E-state index < -0.39 is 0 Å². The molecule has 6 rings (SSSR count). The second kappa shape index (κ2) is 17.4. The van der Waals surface area contributed by atoms with Crippen LogP contribution in [-0.4, -0.2) is 52.9 Å². The number of hydrogen-bond acceptors (Lipinski definition) is 7. The molecule has 0 aliphatic rings. The Kier molecular flexibility index (Phi) is 12.0. The summed E-state index contributed by atoms with van der Waals surface area (Å²) in [4.78, 5) is 41.1. The van der Waals surface area contributed by atoms with E-state index in [0.29, 0.717) is 25.4 Å². The predicted molar refractivity (Wildman–Crippen MR) is 204 cm³/mol. The van der Waals surface area contributed by atoms with Crippen molar-refractivity contribution in [1.29, 1.82) is 0 Å². The standard InChI is InChI=1S/C42H46N6O3/c1-3-4-24-48(35-17-16-32-27-34(15-14-33(32)28-35)42-47-36-11-8-9-12-39(36)51-42)29-41(50)46-23-22-45-40(49)13-7-5-6-10-31-19-21-44-38(26-31)37-25-30(2)18-20-43-37/h8-9,11-12,14-21,25-28H,3-7,10,13,22-24,29H2,1-2H3,(H,45,49)(H,46,50). The van der Waals surface area contributed by atoms with Crippen LogP contribution in [0.1, 0.15) is 56.6 Å². The van der Waals surface area contributed by atoms with Crippen LogP contribution < -0.4 is 15.5 Å². The fraction of sp³-hybridized carbons (Fsp3) is 0.310. The molecule has 0 aliphatic heterocycles. The first-order valence-electron chi connectivity index (χ1n) is 18.0. The summed E-state index contributed by atoms with van der Waals surface area (Å²) in [6, 6.07) is 28.4. The van der Waals surface area contributed by atoms with E-state index in [1.165, 1.54) is 5.56 Å². The Bertz CT molecular complexity index is 2060. The van der Waals surface area contributed by atoms with Gasteiger partial charge in [0.1, 0.15) is 5.52 Å². The van der Waals surface area contributed by atoms with Gasteiger partial charge in [-0.15, -0.1) is 0 Å². The maximum Gasteiger partial charge on any atom is 0.239 e. The molecule has 262 valence electrons. The van der Waals surface area contributed by atoms with Crippen molar-refractivity contribution in [3.63, 3.8) is 0 Å². The molecule has 3 heterocycles. The van der Waals surface area contributed by atoms with Crippen LogP contribution in [0, 0.1) is 6.92 Å². The summed E-state index contributed by atoms with van der Waals surface area (Å²) in [5.41, 5.74) is 7.69. The van der Waals surface area contributed by atoms with E-state index in [1.54, 1.807) is 0 Å². The number of carbonyl (C=O) groups excluding carboxylic acids is 2. The number of aromatic nitrogens is 3. The van der Waals surface area contributed by atoms with Crippen LogP contribution in [0.5, 0.6) is 0 Å². The number of carbonyl (C=O) groups is 2. The van der Waals surface area contributed by atoms with Gasteiger partial charge in [-0.3, -0.25) is 19.6 Å². The number of fused-ring (bicyclic) bond motifs is 2. The molecule has 9 nitrogen and oxygen atoms in total. The molecule has 0 fully saturated rings. The zero-order valence-corrected chi connectivity index (χ0v) is 29.5. The van der Waals surface area contributed by atoms with Gasteiger partial charge in [-0.2, -0.15) is 0 Å². The van der Waals surface area contributed by atoms with E-state index in [9.17, 15) is 9.59 Å². The number of hydrogen-bond donors (Lipinski definition) is 2. The Hall–Kier alpha value is -5.57. The molecule has 0 spiro atoms. The van der Waals surface area contributed by atoms with Crippen LogP contribution >= 0.6 is 0 Å². The molecule has 0 radical (unpaired) electrons. The normalized spacial score (nSPS) is 11.2. The summed E-state index contributed by atoms with van der Waals surface area (Å²) >= 11 is 0. The van der Waals surface area contributed by atoms with Gasteiger partial charge >= 0.3 is 0 Å². The second-order valence-corrected chi connectivity index (χ2v) is 13.0. The number of para-hydroxylation sites is 2. The van der Waals surface area contributed by atoms with Crippen molar-refractivity contribution in [2.75, 3.05) is 31.1 Å². The highest BCUT2D eigenvalue weighted by atomic mass is 16.3. The topological polar surface area (TPSA) is 113 Å². The molecule has 2 N–H and O–H groups in total. The van der Waals surface area contributed by atoms with Gasteiger partial charge in [0.2, 0.25) is 17.7 Å². The zero-order valence-electron chi connectivity index (χ0n) is 29.5. The Morgan fingerprint density at radius 2 is 1.53 bits per heavy atom. The van der Waals surface area contributed by atoms with Crippen LogP contribution in [0.25, 0.3) is 44.7 Å². The van der Waals surface area contributed by atoms with E-state index >= 15 is 0 Å². The third-order valence-corrected chi connectivity index (χ3v) is 8.99. The van der Waals surface area contributed by atoms with Gasteiger partial charge in [-0.1, -0.05) is 44.0 Å². The molecule has 0 saturated heterocycles. The first kappa shape index (κ1) is 35.3. The molecule has 0 aliphatic carbocycles. The highest BCUT2D eigenvalue weighted by Crippen LogP contribution is 2.29. The lowest BCUT2D eigenvalue weighted by Gasteiger charge is -2.24. The van der Waals surface area contributed by atoms with Gasteiger partial charge in [0.15, 0.2) is 5.58 Å². The number of oxazole rings is 1. The molecule has 2 amide bonds. The molecule has 9 heteroatoms. The maximum absolute atomic E-state index is 13.0. The van der Waals surface area contributed by atoms with Crippen LogP contribution in [0.4, 0.5) is 5.69 Å². The lowest BCUT2D eigenvalue weighted by Crippen LogP contribution is -2.41. The van der Waals surface area contributed by atoms with Gasteiger partial charge in [-0.05, 0) is 115 Å². The first-order valence-corrected chi connectivity index (χ1v) is 18.0. The van der Waals surface area contributed by atoms with Crippen molar-refractivity contribution in [1.82, 2.24) is 25.6 Å². The molecule has 0 atom stereocenters. The zero-order chi connectivity index (χ0) is 35.4. The predicted octanol–water partition coefficient (Wildman–Crippen LogP) is 8.06. The van der Waals surface area contributed by atoms with Crippen LogP contribution in [0.15, 0.2) is 102 Å². The third-order valence-electron chi connectivity index (χ3n) is 8.99. The fourth-order valence-corrected chi connectivity index (χ4v) is 6.17. The summed E-state index contributed by atoms with van der Waals surface area (Å²) in [5, 5.41) is 8.09. The Morgan fingerprint density at radius 1 is 0.765 bits per heavy atom. The minimum atomic E-state index is -0.0655. The van der Waals surface area contributed by atoms with E-state index in [2.05, 4.69) is 80.7 Å². The van der Waals surface area contributed by atoms with E-state index in [1.807, 2.05) is 60.9 Å². The number of amides is 2. The van der Waals surface area contributed by atoms with Crippen molar-refractivity contribution in [2.24, 2.45) is 0 Å². The van der Waals surface area contributed by atoms with E-state index in [4.69, 9.17) is 4.42 Å².